The average molecular weight is 360 g/mol. The lowest BCUT2D eigenvalue weighted by atomic mass is 10.1. The second-order valence-electron chi connectivity index (χ2n) is 4.26. The first-order chi connectivity index (χ1) is 10.5. The molecule has 2 aromatic rings. The molecule has 1 atom stereocenters. The van der Waals surface area contributed by atoms with Gasteiger partial charge in [0.15, 0.2) is 6.04 Å². The van der Waals surface area contributed by atoms with E-state index in [1.807, 2.05) is 18.2 Å². The van der Waals surface area contributed by atoms with Gasteiger partial charge in [-0.05, 0) is 11.6 Å². The van der Waals surface area contributed by atoms with Crippen LogP contribution in [-0.2, 0) is 16.1 Å². The zero-order valence-electron chi connectivity index (χ0n) is 11.1. The highest BCUT2D eigenvalue weighted by atomic mass is 35.5. The lowest BCUT2D eigenvalue weighted by Crippen LogP contribution is -2.34. The van der Waals surface area contributed by atoms with Crippen molar-refractivity contribution >= 4 is 46.6 Å². The molecule has 22 heavy (non-hydrogen) atoms. The molecule has 8 heteroatoms. The molecule has 0 aliphatic carbocycles. The van der Waals surface area contributed by atoms with Crippen LogP contribution in [0.25, 0.3) is 0 Å². The number of halogens is 2. The van der Waals surface area contributed by atoms with Crippen LogP contribution in [0.1, 0.15) is 17.2 Å². The lowest BCUT2D eigenvalue weighted by molar-refractivity contribution is -0.139. The highest BCUT2D eigenvalue weighted by molar-refractivity contribution is 7.20. The van der Waals surface area contributed by atoms with Crippen LogP contribution in [0.4, 0.5) is 4.79 Å². The minimum atomic E-state index is -1.32. The first-order valence-electron chi connectivity index (χ1n) is 6.12. The molecule has 0 fully saturated rings. The van der Waals surface area contributed by atoms with Crippen LogP contribution in [0.2, 0.25) is 8.67 Å². The van der Waals surface area contributed by atoms with Crippen LogP contribution in [-0.4, -0.2) is 17.2 Å². The van der Waals surface area contributed by atoms with Gasteiger partial charge in [0, 0.05) is 5.56 Å². The summed E-state index contributed by atoms with van der Waals surface area (Å²) in [4.78, 5) is 23.1. The second-order valence-corrected chi connectivity index (χ2v) is 6.54. The maximum Gasteiger partial charge on any atom is 0.408 e. The molecule has 1 amide bonds. The number of benzene rings is 1. The molecule has 0 aliphatic rings. The van der Waals surface area contributed by atoms with Gasteiger partial charge in [0.05, 0.1) is 4.34 Å². The fourth-order valence-electron chi connectivity index (χ4n) is 1.70. The Hall–Kier alpha value is -1.76. The van der Waals surface area contributed by atoms with Gasteiger partial charge in [0.25, 0.3) is 0 Å². The van der Waals surface area contributed by atoms with Crippen LogP contribution >= 0.6 is 34.5 Å². The van der Waals surface area contributed by atoms with Crippen molar-refractivity contribution in [2.24, 2.45) is 0 Å². The van der Waals surface area contributed by atoms with E-state index in [1.165, 1.54) is 6.07 Å². The number of alkyl carbamates (subject to hydrolysis) is 1. The summed E-state index contributed by atoms with van der Waals surface area (Å²) < 4.78 is 5.54. The Morgan fingerprint density at radius 2 is 1.95 bits per heavy atom. The van der Waals surface area contributed by atoms with Gasteiger partial charge in [-0.3, -0.25) is 0 Å². The van der Waals surface area contributed by atoms with Crippen molar-refractivity contribution in [3.63, 3.8) is 0 Å². The maximum atomic E-state index is 11.8. The number of carboxylic acid groups (broad SMARTS) is 1. The van der Waals surface area contributed by atoms with Gasteiger partial charge in [-0.1, -0.05) is 53.5 Å². The Bertz CT molecular complexity index is 675. The van der Waals surface area contributed by atoms with Crippen molar-refractivity contribution in [3.8, 4) is 0 Å². The zero-order valence-corrected chi connectivity index (χ0v) is 13.4. The van der Waals surface area contributed by atoms with E-state index in [0.717, 1.165) is 16.9 Å². The van der Waals surface area contributed by atoms with E-state index in [2.05, 4.69) is 5.32 Å². The van der Waals surface area contributed by atoms with Crippen molar-refractivity contribution in [2.45, 2.75) is 12.6 Å². The molecule has 1 heterocycles. The number of hydrogen-bond acceptors (Lipinski definition) is 4. The summed E-state index contributed by atoms with van der Waals surface area (Å²) in [6.07, 6.45) is -0.852. The summed E-state index contributed by atoms with van der Waals surface area (Å²) in [5.74, 6) is -1.26. The molecule has 2 N–H and O–H groups in total. The highest BCUT2D eigenvalue weighted by Crippen LogP contribution is 2.35. The van der Waals surface area contributed by atoms with Crippen molar-refractivity contribution in [1.29, 1.82) is 0 Å². The van der Waals surface area contributed by atoms with Crippen LogP contribution in [0.3, 0.4) is 0 Å². The SMILES string of the molecule is O=C(NC(C(=O)O)c1cc(Cl)sc1Cl)OCc1ccccc1. The number of aliphatic carboxylic acids is 1. The Labute approximate surface area is 140 Å². The monoisotopic (exact) mass is 359 g/mol. The summed E-state index contributed by atoms with van der Waals surface area (Å²) in [5, 5.41) is 11.5. The topological polar surface area (TPSA) is 75.6 Å². The van der Waals surface area contributed by atoms with E-state index < -0.39 is 18.1 Å². The molecule has 0 aliphatic heterocycles. The standard InChI is InChI=1S/C14H11Cl2NO4S/c15-10-6-9(12(16)22-10)11(13(18)19)17-14(20)21-7-8-4-2-1-3-5-8/h1-6,11H,7H2,(H,17,20)(H,18,19). The number of amides is 1. The third-order valence-corrected chi connectivity index (χ3v) is 4.23. The molecule has 1 unspecified atom stereocenters. The third kappa shape index (κ3) is 4.37. The summed E-state index contributed by atoms with van der Waals surface area (Å²) in [6, 6.07) is 9.12. The molecular formula is C14H11Cl2NO4S. The van der Waals surface area contributed by atoms with E-state index in [1.54, 1.807) is 12.1 Å². The predicted octanol–water partition coefficient (Wildman–Crippen LogP) is 4.11. The van der Waals surface area contributed by atoms with Crippen molar-refractivity contribution in [3.05, 3.63) is 56.2 Å². The van der Waals surface area contributed by atoms with Crippen LogP contribution in [0.5, 0.6) is 0 Å². The van der Waals surface area contributed by atoms with Crippen molar-refractivity contribution in [1.82, 2.24) is 5.32 Å². The fraction of sp³-hybridized carbons (Fsp3) is 0.143. The van der Waals surface area contributed by atoms with E-state index in [9.17, 15) is 14.7 Å². The first kappa shape index (κ1) is 16.6. The maximum absolute atomic E-state index is 11.8. The number of hydrogen-bond donors (Lipinski definition) is 2. The molecular weight excluding hydrogens is 349 g/mol. The van der Waals surface area contributed by atoms with Crippen molar-refractivity contribution < 1.29 is 19.4 Å². The molecule has 0 bridgehead atoms. The number of rotatable bonds is 5. The van der Waals surface area contributed by atoms with Gasteiger partial charge in [-0.25, -0.2) is 9.59 Å². The normalized spacial score (nSPS) is 11.7. The molecule has 0 radical (unpaired) electrons. The molecule has 116 valence electrons. The Morgan fingerprint density at radius 3 is 2.50 bits per heavy atom. The number of carbonyl (C=O) groups excluding carboxylic acids is 1. The number of carboxylic acids is 1. The number of carbonyl (C=O) groups is 2. The Morgan fingerprint density at radius 1 is 1.27 bits per heavy atom. The van der Waals surface area contributed by atoms with Gasteiger partial charge >= 0.3 is 12.1 Å². The van der Waals surface area contributed by atoms with E-state index in [4.69, 9.17) is 27.9 Å². The lowest BCUT2D eigenvalue weighted by Gasteiger charge is -2.14. The molecule has 2 rings (SSSR count). The molecule has 0 spiro atoms. The predicted molar refractivity (Wildman–Crippen MR) is 84.5 cm³/mol. The van der Waals surface area contributed by atoms with E-state index in [0.29, 0.717) is 4.34 Å². The fourth-order valence-corrected chi connectivity index (χ4v) is 3.24. The van der Waals surface area contributed by atoms with Gasteiger partial charge in [-0.15, -0.1) is 11.3 Å². The molecule has 0 saturated heterocycles. The third-order valence-electron chi connectivity index (χ3n) is 2.72. The summed E-state index contributed by atoms with van der Waals surface area (Å²) in [6.45, 7) is 0.0388. The van der Waals surface area contributed by atoms with Gasteiger partial charge < -0.3 is 15.2 Å². The van der Waals surface area contributed by atoms with E-state index in [-0.39, 0.29) is 16.5 Å². The minimum absolute atomic E-state index is 0.0388. The average Bonchev–Trinajstić information content (AvgIpc) is 2.82. The zero-order chi connectivity index (χ0) is 16.1. The second kappa shape index (κ2) is 7.49. The van der Waals surface area contributed by atoms with Crippen LogP contribution in [0.15, 0.2) is 36.4 Å². The molecule has 1 aromatic carbocycles. The number of nitrogens with one attached hydrogen (secondary N) is 1. The summed E-state index contributed by atoms with van der Waals surface area (Å²) >= 11 is 12.7. The quantitative estimate of drug-likeness (QED) is 0.842. The van der Waals surface area contributed by atoms with Gasteiger partial charge in [-0.2, -0.15) is 0 Å². The smallest absolute Gasteiger partial charge is 0.408 e. The molecule has 5 nitrogen and oxygen atoms in total. The van der Waals surface area contributed by atoms with Crippen molar-refractivity contribution in [2.75, 3.05) is 0 Å². The molecule has 0 saturated carbocycles. The molecule has 1 aromatic heterocycles. The van der Waals surface area contributed by atoms with Gasteiger partial charge in [0.2, 0.25) is 0 Å². The largest absolute Gasteiger partial charge is 0.479 e. The highest BCUT2D eigenvalue weighted by Gasteiger charge is 2.26. The Balaban J connectivity index is 2.01. The minimum Gasteiger partial charge on any atom is -0.479 e. The summed E-state index contributed by atoms with van der Waals surface area (Å²) in [7, 11) is 0. The number of thiophene rings is 1. The Kier molecular flexibility index (Phi) is 5.65. The van der Waals surface area contributed by atoms with Crippen LogP contribution < -0.4 is 5.32 Å². The summed E-state index contributed by atoms with van der Waals surface area (Å²) in [5.41, 5.74) is 1.02. The van der Waals surface area contributed by atoms with Crippen LogP contribution in [0, 0.1) is 0 Å². The van der Waals surface area contributed by atoms with Gasteiger partial charge in [0.1, 0.15) is 10.9 Å². The number of ether oxygens (including phenoxy) is 1. The first-order valence-corrected chi connectivity index (χ1v) is 7.69. The van der Waals surface area contributed by atoms with E-state index >= 15 is 0 Å².